The van der Waals surface area contributed by atoms with Crippen molar-refractivity contribution < 1.29 is 4.79 Å². The molecule has 2 aromatic heterocycles. The zero-order valence-electron chi connectivity index (χ0n) is 16.0. The van der Waals surface area contributed by atoms with Crippen LogP contribution in [0.3, 0.4) is 0 Å². The van der Waals surface area contributed by atoms with Gasteiger partial charge < -0.3 is 5.32 Å². The maximum atomic E-state index is 12.9. The molecule has 0 atom stereocenters. The van der Waals surface area contributed by atoms with Crippen molar-refractivity contribution in [1.82, 2.24) is 19.6 Å². The number of aromatic nitrogens is 2. The van der Waals surface area contributed by atoms with Gasteiger partial charge in [-0.2, -0.15) is 0 Å². The molecule has 1 N–H and O–H groups in total. The zero-order valence-corrected chi connectivity index (χ0v) is 16.0. The number of piperidine rings is 1. The van der Waals surface area contributed by atoms with E-state index in [1.807, 2.05) is 36.6 Å². The molecule has 0 saturated carbocycles. The van der Waals surface area contributed by atoms with Crippen molar-refractivity contribution in [3.05, 3.63) is 71.2 Å². The van der Waals surface area contributed by atoms with Crippen molar-refractivity contribution in [3.63, 3.8) is 0 Å². The summed E-state index contributed by atoms with van der Waals surface area (Å²) in [4.78, 5) is 19.9. The van der Waals surface area contributed by atoms with Gasteiger partial charge in [0.2, 0.25) is 0 Å². The summed E-state index contributed by atoms with van der Waals surface area (Å²) < 4.78 is 1.91. The van der Waals surface area contributed by atoms with Crippen molar-refractivity contribution in [2.75, 3.05) is 13.1 Å². The molecule has 140 valence electrons. The molecular formula is C22H26N4O. The standard InChI is InChI=1S/C22H26N4O/c1-16-8-9-20-23-17(2)21(26(20)14-16)22(27)24-19-10-12-25(13-11-19)15-18-6-4-3-5-7-18/h3-9,14,19H,10-13,15H2,1-2H3,(H,24,27). The van der Waals surface area contributed by atoms with Crippen molar-refractivity contribution in [1.29, 1.82) is 0 Å². The Morgan fingerprint density at radius 1 is 1.11 bits per heavy atom. The van der Waals surface area contributed by atoms with Crippen LogP contribution in [0.1, 0.15) is 40.2 Å². The lowest BCUT2D eigenvalue weighted by atomic mass is 10.0. The van der Waals surface area contributed by atoms with Gasteiger partial charge in [0.05, 0.1) is 5.69 Å². The third-order valence-electron chi connectivity index (χ3n) is 5.33. The highest BCUT2D eigenvalue weighted by Gasteiger charge is 2.23. The second-order valence-electron chi connectivity index (χ2n) is 7.49. The van der Waals surface area contributed by atoms with Gasteiger partial charge in [0.1, 0.15) is 11.3 Å². The molecule has 5 heteroatoms. The minimum Gasteiger partial charge on any atom is -0.348 e. The SMILES string of the molecule is Cc1ccc2nc(C)c(C(=O)NC3CCN(Cc4ccccc4)CC3)n2c1. The molecule has 27 heavy (non-hydrogen) atoms. The number of nitrogens with zero attached hydrogens (tertiary/aromatic N) is 3. The van der Waals surface area contributed by atoms with Crippen LogP contribution in [0.25, 0.3) is 5.65 Å². The lowest BCUT2D eigenvalue weighted by molar-refractivity contribution is 0.0902. The molecule has 1 fully saturated rings. The molecule has 3 heterocycles. The minimum absolute atomic E-state index is 0.0212. The molecule has 4 rings (SSSR count). The second kappa shape index (κ2) is 7.53. The fourth-order valence-electron chi connectivity index (χ4n) is 3.87. The molecule has 3 aromatic rings. The molecule has 0 radical (unpaired) electrons. The van der Waals surface area contributed by atoms with Crippen LogP contribution in [0.5, 0.6) is 0 Å². The van der Waals surface area contributed by atoms with E-state index in [-0.39, 0.29) is 11.9 Å². The van der Waals surface area contributed by atoms with E-state index >= 15 is 0 Å². The maximum Gasteiger partial charge on any atom is 0.270 e. The average Bonchev–Trinajstić information content (AvgIpc) is 2.99. The molecule has 0 aliphatic carbocycles. The number of aryl methyl sites for hydroxylation is 2. The summed E-state index contributed by atoms with van der Waals surface area (Å²) in [5, 5.41) is 3.23. The van der Waals surface area contributed by atoms with Crippen LogP contribution in [0.15, 0.2) is 48.7 Å². The van der Waals surface area contributed by atoms with Crippen molar-refractivity contribution >= 4 is 11.6 Å². The number of hydrogen-bond acceptors (Lipinski definition) is 3. The number of carbonyl (C=O) groups excluding carboxylic acids is 1. The average molecular weight is 362 g/mol. The van der Waals surface area contributed by atoms with Crippen LogP contribution in [0, 0.1) is 13.8 Å². The Bertz CT molecular complexity index is 940. The molecule has 5 nitrogen and oxygen atoms in total. The van der Waals surface area contributed by atoms with E-state index in [4.69, 9.17) is 0 Å². The molecule has 0 spiro atoms. The Balaban J connectivity index is 1.39. The lowest BCUT2D eigenvalue weighted by Gasteiger charge is -2.32. The summed E-state index contributed by atoms with van der Waals surface area (Å²) in [6, 6.07) is 14.8. The molecular weight excluding hydrogens is 336 g/mol. The molecule has 1 saturated heterocycles. The van der Waals surface area contributed by atoms with Gasteiger partial charge in [0, 0.05) is 31.9 Å². The minimum atomic E-state index is -0.0212. The number of pyridine rings is 1. The summed E-state index contributed by atoms with van der Waals surface area (Å²) in [6.45, 7) is 6.92. The van der Waals surface area contributed by atoms with E-state index in [1.165, 1.54) is 5.56 Å². The Morgan fingerprint density at radius 2 is 1.85 bits per heavy atom. The highest BCUT2D eigenvalue weighted by atomic mass is 16.2. The number of carbonyl (C=O) groups is 1. The van der Waals surface area contributed by atoms with E-state index in [2.05, 4.69) is 45.5 Å². The molecule has 1 aromatic carbocycles. The molecule has 0 bridgehead atoms. The van der Waals surface area contributed by atoms with Gasteiger partial charge >= 0.3 is 0 Å². The highest BCUT2D eigenvalue weighted by Crippen LogP contribution is 2.17. The van der Waals surface area contributed by atoms with E-state index in [9.17, 15) is 4.79 Å². The first kappa shape index (κ1) is 17.7. The summed E-state index contributed by atoms with van der Waals surface area (Å²) in [7, 11) is 0. The Labute approximate surface area is 160 Å². The first-order chi connectivity index (χ1) is 13.1. The van der Waals surface area contributed by atoms with Crippen LogP contribution < -0.4 is 5.32 Å². The van der Waals surface area contributed by atoms with Gasteiger partial charge in [-0.3, -0.25) is 14.1 Å². The number of amides is 1. The van der Waals surface area contributed by atoms with Gasteiger partial charge in [0.15, 0.2) is 0 Å². The molecule has 1 amide bonds. The van der Waals surface area contributed by atoms with Crippen molar-refractivity contribution in [2.24, 2.45) is 0 Å². The third-order valence-corrected chi connectivity index (χ3v) is 5.33. The summed E-state index contributed by atoms with van der Waals surface area (Å²) in [5.74, 6) is -0.0212. The van der Waals surface area contributed by atoms with E-state index in [0.29, 0.717) is 5.69 Å². The number of nitrogens with one attached hydrogen (secondary N) is 1. The van der Waals surface area contributed by atoms with Gasteiger partial charge in [-0.25, -0.2) is 4.98 Å². The summed E-state index contributed by atoms with van der Waals surface area (Å²) in [5.41, 5.74) is 4.71. The zero-order chi connectivity index (χ0) is 18.8. The topological polar surface area (TPSA) is 49.6 Å². The first-order valence-corrected chi connectivity index (χ1v) is 9.62. The number of rotatable bonds is 4. The monoisotopic (exact) mass is 362 g/mol. The highest BCUT2D eigenvalue weighted by molar-refractivity contribution is 5.94. The number of likely N-dealkylation sites (tertiary alicyclic amines) is 1. The lowest BCUT2D eigenvalue weighted by Crippen LogP contribution is -2.44. The van der Waals surface area contributed by atoms with Crippen molar-refractivity contribution in [2.45, 2.75) is 39.3 Å². The van der Waals surface area contributed by atoms with Crippen LogP contribution in [-0.4, -0.2) is 39.3 Å². The predicted octanol–water partition coefficient (Wildman–Crippen LogP) is 3.35. The number of imidazole rings is 1. The van der Waals surface area contributed by atoms with E-state index in [1.54, 1.807) is 0 Å². The van der Waals surface area contributed by atoms with Gasteiger partial charge in [-0.1, -0.05) is 36.4 Å². The van der Waals surface area contributed by atoms with E-state index < -0.39 is 0 Å². The van der Waals surface area contributed by atoms with Crippen LogP contribution in [-0.2, 0) is 6.54 Å². The molecule has 1 aliphatic heterocycles. The number of hydrogen-bond donors (Lipinski definition) is 1. The van der Waals surface area contributed by atoms with E-state index in [0.717, 1.165) is 49.4 Å². The quantitative estimate of drug-likeness (QED) is 0.774. The second-order valence-corrected chi connectivity index (χ2v) is 7.49. The number of benzene rings is 1. The Kier molecular flexibility index (Phi) is 4.94. The van der Waals surface area contributed by atoms with Crippen molar-refractivity contribution in [3.8, 4) is 0 Å². The van der Waals surface area contributed by atoms with Gasteiger partial charge in [-0.15, -0.1) is 0 Å². The Hall–Kier alpha value is -2.66. The van der Waals surface area contributed by atoms with Crippen LogP contribution in [0.4, 0.5) is 0 Å². The third kappa shape index (κ3) is 3.88. The fraction of sp³-hybridized carbons (Fsp3) is 0.364. The normalized spacial score (nSPS) is 15.9. The Morgan fingerprint density at radius 3 is 2.59 bits per heavy atom. The summed E-state index contributed by atoms with van der Waals surface area (Å²) in [6.07, 6.45) is 3.94. The molecule has 1 aliphatic rings. The summed E-state index contributed by atoms with van der Waals surface area (Å²) >= 11 is 0. The smallest absolute Gasteiger partial charge is 0.270 e. The predicted molar refractivity (Wildman–Crippen MR) is 107 cm³/mol. The van der Waals surface area contributed by atoms with Crippen LogP contribution >= 0.6 is 0 Å². The molecule has 0 unspecified atom stereocenters. The number of fused-ring (bicyclic) bond motifs is 1. The van der Waals surface area contributed by atoms with Gasteiger partial charge in [0.25, 0.3) is 5.91 Å². The van der Waals surface area contributed by atoms with Gasteiger partial charge in [-0.05, 0) is 43.9 Å². The van der Waals surface area contributed by atoms with Crippen LogP contribution in [0.2, 0.25) is 0 Å². The largest absolute Gasteiger partial charge is 0.348 e. The fourth-order valence-corrected chi connectivity index (χ4v) is 3.87. The first-order valence-electron chi connectivity index (χ1n) is 9.62. The maximum absolute atomic E-state index is 12.9.